The second-order valence-corrected chi connectivity index (χ2v) is 7.40. The molecule has 1 aliphatic carbocycles. The molecule has 1 saturated carbocycles. The van der Waals surface area contributed by atoms with Gasteiger partial charge in [-0.05, 0) is 25.0 Å². The van der Waals surface area contributed by atoms with E-state index in [1.54, 1.807) is 30.5 Å². The van der Waals surface area contributed by atoms with Crippen LogP contribution in [0, 0.1) is 5.41 Å². The second kappa shape index (κ2) is 8.06. The van der Waals surface area contributed by atoms with Crippen LogP contribution in [0.5, 0.6) is 5.75 Å². The van der Waals surface area contributed by atoms with Gasteiger partial charge in [-0.2, -0.15) is 0 Å². The summed E-state index contributed by atoms with van der Waals surface area (Å²) in [5, 5.41) is 2.93. The Morgan fingerprint density at radius 2 is 1.76 bits per heavy atom. The van der Waals surface area contributed by atoms with Crippen molar-refractivity contribution in [3.63, 3.8) is 0 Å². The minimum atomic E-state index is -0.909. The fourth-order valence-corrected chi connectivity index (χ4v) is 3.72. The van der Waals surface area contributed by atoms with Gasteiger partial charge in [0, 0.05) is 50.7 Å². The van der Waals surface area contributed by atoms with Gasteiger partial charge in [0.2, 0.25) is 17.8 Å². The minimum absolute atomic E-state index is 0.0661. The zero-order valence-electron chi connectivity index (χ0n) is 16.5. The summed E-state index contributed by atoms with van der Waals surface area (Å²) in [7, 11) is 1.60. The van der Waals surface area contributed by atoms with E-state index >= 15 is 0 Å². The first-order chi connectivity index (χ1) is 14.1. The number of anilines is 1. The lowest BCUT2D eigenvalue weighted by molar-refractivity contribution is -0.144. The van der Waals surface area contributed by atoms with Crippen LogP contribution >= 0.6 is 0 Å². The molecular weight excluding hydrogens is 370 g/mol. The molecular formula is C21H25N5O3. The smallest absolute Gasteiger partial charge is 0.238 e. The number of amides is 2. The zero-order chi connectivity index (χ0) is 20.3. The van der Waals surface area contributed by atoms with Gasteiger partial charge in [0.25, 0.3) is 0 Å². The molecule has 2 aromatic rings. The molecule has 0 unspecified atom stereocenters. The number of ether oxygens (including phenoxy) is 1. The predicted molar refractivity (Wildman–Crippen MR) is 107 cm³/mol. The molecule has 1 aromatic heterocycles. The van der Waals surface area contributed by atoms with Crippen molar-refractivity contribution in [1.82, 2.24) is 20.2 Å². The quantitative estimate of drug-likeness (QED) is 0.741. The summed E-state index contributed by atoms with van der Waals surface area (Å²) in [4.78, 5) is 38.3. The molecule has 1 aromatic carbocycles. The molecule has 1 saturated heterocycles. The number of nitrogens with zero attached hydrogens (tertiary/aromatic N) is 4. The van der Waals surface area contributed by atoms with Crippen molar-refractivity contribution in [2.24, 2.45) is 5.41 Å². The normalized spacial score (nSPS) is 17.6. The van der Waals surface area contributed by atoms with E-state index in [9.17, 15) is 9.59 Å². The van der Waals surface area contributed by atoms with Crippen molar-refractivity contribution in [3.8, 4) is 5.75 Å². The molecule has 0 radical (unpaired) electrons. The first-order valence-electron chi connectivity index (χ1n) is 9.85. The Bertz CT molecular complexity index is 877. The lowest BCUT2D eigenvalue weighted by atomic mass is 10.0. The van der Waals surface area contributed by atoms with Crippen molar-refractivity contribution >= 4 is 17.8 Å². The molecule has 152 valence electrons. The van der Waals surface area contributed by atoms with Crippen molar-refractivity contribution < 1.29 is 14.3 Å². The molecule has 2 aliphatic rings. The van der Waals surface area contributed by atoms with Crippen LogP contribution in [0.25, 0.3) is 0 Å². The molecule has 0 atom stereocenters. The Morgan fingerprint density at radius 3 is 2.41 bits per heavy atom. The first-order valence-corrected chi connectivity index (χ1v) is 9.85. The van der Waals surface area contributed by atoms with Gasteiger partial charge < -0.3 is 19.9 Å². The molecule has 2 fully saturated rings. The highest BCUT2D eigenvalue weighted by molar-refractivity contribution is 6.07. The van der Waals surface area contributed by atoms with E-state index in [-0.39, 0.29) is 11.8 Å². The number of methoxy groups -OCH3 is 1. The highest BCUT2D eigenvalue weighted by atomic mass is 16.5. The van der Waals surface area contributed by atoms with E-state index in [0.717, 1.165) is 11.3 Å². The highest BCUT2D eigenvalue weighted by Crippen LogP contribution is 2.47. The van der Waals surface area contributed by atoms with E-state index in [1.165, 1.54) is 0 Å². The van der Waals surface area contributed by atoms with Crippen LogP contribution in [0.15, 0.2) is 42.7 Å². The van der Waals surface area contributed by atoms with Crippen LogP contribution in [-0.2, 0) is 16.1 Å². The summed E-state index contributed by atoms with van der Waals surface area (Å²) in [5.74, 6) is 1.14. The van der Waals surface area contributed by atoms with Crippen LogP contribution < -0.4 is 15.0 Å². The molecule has 8 nitrogen and oxygen atoms in total. The molecule has 29 heavy (non-hydrogen) atoms. The molecule has 2 amide bonds. The third-order valence-corrected chi connectivity index (χ3v) is 5.63. The molecule has 2 heterocycles. The summed E-state index contributed by atoms with van der Waals surface area (Å²) >= 11 is 0. The van der Waals surface area contributed by atoms with Gasteiger partial charge >= 0.3 is 0 Å². The average Bonchev–Trinajstić information content (AvgIpc) is 3.60. The predicted octanol–water partition coefficient (Wildman–Crippen LogP) is 1.23. The van der Waals surface area contributed by atoms with Gasteiger partial charge in [0.15, 0.2) is 0 Å². The van der Waals surface area contributed by atoms with Gasteiger partial charge in [-0.25, -0.2) is 9.97 Å². The average molecular weight is 395 g/mol. The van der Waals surface area contributed by atoms with Crippen LogP contribution in [0.4, 0.5) is 5.95 Å². The van der Waals surface area contributed by atoms with Crippen molar-refractivity contribution in [3.05, 3.63) is 48.3 Å². The van der Waals surface area contributed by atoms with E-state index in [4.69, 9.17) is 4.74 Å². The van der Waals surface area contributed by atoms with E-state index in [2.05, 4.69) is 20.2 Å². The van der Waals surface area contributed by atoms with Gasteiger partial charge in [0.05, 0.1) is 7.11 Å². The molecule has 4 rings (SSSR count). The Hall–Kier alpha value is -3.16. The third kappa shape index (κ3) is 3.87. The Morgan fingerprint density at radius 1 is 1.07 bits per heavy atom. The summed E-state index contributed by atoms with van der Waals surface area (Å²) in [6.07, 6.45) is 4.63. The van der Waals surface area contributed by atoms with E-state index in [1.807, 2.05) is 24.3 Å². The first kappa shape index (κ1) is 19.2. The van der Waals surface area contributed by atoms with Crippen LogP contribution in [-0.4, -0.2) is 60.0 Å². The number of benzene rings is 1. The Labute approximate surface area is 169 Å². The fraction of sp³-hybridized carbons (Fsp3) is 0.429. The van der Waals surface area contributed by atoms with Gasteiger partial charge in [-0.1, -0.05) is 18.2 Å². The van der Waals surface area contributed by atoms with Crippen molar-refractivity contribution in [2.75, 3.05) is 38.2 Å². The van der Waals surface area contributed by atoms with Crippen LogP contribution in [0.3, 0.4) is 0 Å². The molecule has 0 spiro atoms. The SMILES string of the molecule is COc1ccccc1CNC(=O)C1(C(=O)N2CCN(c3ncccn3)CC2)CC1. The Kier molecular flexibility index (Phi) is 5.33. The van der Waals surface area contributed by atoms with E-state index < -0.39 is 5.41 Å². The number of carbonyl (C=O) groups is 2. The number of para-hydroxylation sites is 1. The molecule has 1 N–H and O–H groups in total. The fourth-order valence-electron chi connectivity index (χ4n) is 3.72. The maximum absolute atomic E-state index is 13.1. The number of hydrogen-bond donors (Lipinski definition) is 1. The van der Waals surface area contributed by atoms with Gasteiger partial charge in [-0.15, -0.1) is 0 Å². The summed E-state index contributed by atoms with van der Waals surface area (Å²) in [6, 6.07) is 9.33. The van der Waals surface area contributed by atoms with Crippen LogP contribution in [0.1, 0.15) is 18.4 Å². The number of hydrogen-bond acceptors (Lipinski definition) is 6. The maximum atomic E-state index is 13.1. The summed E-state index contributed by atoms with van der Waals surface area (Å²) < 4.78 is 5.33. The molecule has 8 heteroatoms. The standard InChI is InChI=1S/C21H25N5O3/c1-29-17-6-3-2-5-16(17)15-24-18(27)21(7-8-21)19(28)25-11-13-26(14-12-25)20-22-9-4-10-23-20/h2-6,9-10H,7-8,11-15H2,1H3,(H,24,27). The lowest BCUT2D eigenvalue weighted by Gasteiger charge is -2.36. The van der Waals surface area contributed by atoms with E-state index in [0.29, 0.717) is 51.5 Å². The maximum Gasteiger partial charge on any atom is 0.238 e. The number of rotatable bonds is 6. The number of nitrogens with one attached hydrogen (secondary N) is 1. The summed E-state index contributed by atoms with van der Waals surface area (Å²) in [6.45, 7) is 2.80. The van der Waals surface area contributed by atoms with Crippen LogP contribution in [0.2, 0.25) is 0 Å². The zero-order valence-corrected chi connectivity index (χ0v) is 16.5. The van der Waals surface area contributed by atoms with Crippen molar-refractivity contribution in [2.45, 2.75) is 19.4 Å². The second-order valence-electron chi connectivity index (χ2n) is 7.40. The molecule has 0 bridgehead atoms. The van der Waals surface area contributed by atoms with Gasteiger partial charge in [-0.3, -0.25) is 9.59 Å². The Balaban J connectivity index is 1.34. The lowest BCUT2D eigenvalue weighted by Crippen LogP contribution is -2.53. The molecule has 1 aliphatic heterocycles. The monoisotopic (exact) mass is 395 g/mol. The number of piperazine rings is 1. The summed E-state index contributed by atoms with van der Waals surface area (Å²) in [5.41, 5.74) is -0.0176. The highest BCUT2D eigenvalue weighted by Gasteiger charge is 2.58. The van der Waals surface area contributed by atoms with Gasteiger partial charge in [0.1, 0.15) is 11.2 Å². The number of aromatic nitrogens is 2. The minimum Gasteiger partial charge on any atom is -0.496 e. The third-order valence-electron chi connectivity index (χ3n) is 5.63. The van der Waals surface area contributed by atoms with Crippen molar-refractivity contribution in [1.29, 1.82) is 0 Å². The number of carbonyl (C=O) groups excluding carboxylic acids is 2. The largest absolute Gasteiger partial charge is 0.496 e. The topological polar surface area (TPSA) is 87.7 Å².